The van der Waals surface area contributed by atoms with Crippen molar-refractivity contribution in [3.05, 3.63) is 53.1 Å². The van der Waals surface area contributed by atoms with Gasteiger partial charge in [-0.3, -0.25) is 20.4 Å². The number of hydrogen-bond acceptors (Lipinski definition) is 7. The minimum atomic E-state index is -3.69. The Kier molecular flexibility index (Phi) is 7.13. The predicted octanol–water partition coefficient (Wildman–Crippen LogP) is 1.23. The first kappa shape index (κ1) is 24.7. The van der Waals surface area contributed by atoms with Gasteiger partial charge in [0.25, 0.3) is 5.78 Å². The fraction of sp³-hybridized carbons (Fsp3) is 0.435. The van der Waals surface area contributed by atoms with Gasteiger partial charge in [-0.05, 0) is 57.7 Å². The van der Waals surface area contributed by atoms with Crippen molar-refractivity contribution in [3.8, 4) is 0 Å². The topological polar surface area (TPSA) is 139 Å². The van der Waals surface area contributed by atoms with E-state index in [1.54, 1.807) is 28.8 Å². The van der Waals surface area contributed by atoms with Crippen LogP contribution in [0.15, 0.2) is 35.5 Å². The molecule has 0 radical (unpaired) electrons. The summed E-state index contributed by atoms with van der Waals surface area (Å²) < 4.78 is 28.9. The molecule has 1 aliphatic rings. The molecule has 3 heterocycles. The van der Waals surface area contributed by atoms with Crippen LogP contribution in [0.4, 0.5) is 0 Å². The van der Waals surface area contributed by atoms with E-state index >= 15 is 0 Å². The highest BCUT2D eigenvalue weighted by Gasteiger charge is 2.33. The molecule has 4 rings (SSSR count). The van der Waals surface area contributed by atoms with Gasteiger partial charge < -0.3 is 0 Å². The summed E-state index contributed by atoms with van der Waals surface area (Å²) in [5, 5.41) is 4.14. The van der Waals surface area contributed by atoms with Gasteiger partial charge in [-0.15, -0.1) is 0 Å². The number of rotatable bonds is 6. The van der Waals surface area contributed by atoms with Crippen molar-refractivity contribution < 1.29 is 18.0 Å². The average Bonchev–Trinajstić information content (AvgIpc) is 3.31. The van der Waals surface area contributed by atoms with Gasteiger partial charge in [-0.1, -0.05) is 17.7 Å². The van der Waals surface area contributed by atoms with Crippen LogP contribution >= 0.6 is 0 Å². The second kappa shape index (κ2) is 10.1. The SMILES string of the molecule is Cc1ccc(S(=O)(=O)N2CCC[C@H](C(=O)NNC(=O)CCc3c(C)nc4ncnn4c3C)C2)cc1. The number of piperidine rings is 1. The van der Waals surface area contributed by atoms with Gasteiger partial charge in [0.1, 0.15) is 6.33 Å². The summed E-state index contributed by atoms with van der Waals surface area (Å²) >= 11 is 0. The van der Waals surface area contributed by atoms with Gasteiger partial charge in [0, 0.05) is 30.9 Å². The van der Waals surface area contributed by atoms with Gasteiger partial charge in [0.15, 0.2) is 0 Å². The van der Waals surface area contributed by atoms with Gasteiger partial charge in [0.05, 0.1) is 10.8 Å². The molecule has 11 nitrogen and oxygen atoms in total. The summed E-state index contributed by atoms with van der Waals surface area (Å²) in [6, 6.07) is 6.65. The second-order valence-electron chi connectivity index (χ2n) is 8.79. The van der Waals surface area contributed by atoms with Crippen LogP contribution in [0.3, 0.4) is 0 Å². The Bertz CT molecular complexity index is 1350. The minimum Gasteiger partial charge on any atom is -0.273 e. The van der Waals surface area contributed by atoms with Gasteiger partial charge >= 0.3 is 0 Å². The molecule has 12 heteroatoms. The molecule has 1 saturated heterocycles. The number of nitrogens with one attached hydrogen (secondary N) is 2. The number of sulfonamides is 1. The Morgan fingerprint density at radius 2 is 1.86 bits per heavy atom. The number of aryl methyl sites for hydroxylation is 3. The quantitative estimate of drug-likeness (QED) is 0.486. The lowest BCUT2D eigenvalue weighted by Crippen LogP contribution is -2.50. The largest absolute Gasteiger partial charge is 0.273 e. The van der Waals surface area contributed by atoms with E-state index in [9.17, 15) is 18.0 Å². The summed E-state index contributed by atoms with van der Waals surface area (Å²) in [5.41, 5.74) is 8.41. The maximum atomic E-state index is 13.0. The minimum absolute atomic E-state index is 0.0693. The van der Waals surface area contributed by atoms with Crippen LogP contribution in [0, 0.1) is 26.7 Å². The summed E-state index contributed by atoms with van der Waals surface area (Å²) in [6.45, 7) is 6.07. The lowest BCUT2D eigenvalue weighted by molar-refractivity contribution is -0.132. The maximum Gasteiger partial charge on any atom is 0.252 e. The number of fused-ring (bicyclic) bond motifs is 1. The first-order valence-corrected chi connectivity index (χ1v) is 12.9. The third-order valence-corrected chi connectivity index (χ3v) is 8.21. The van der Waals surface area contributed by atoms with Crippen molar-refractivity contribution in [1.82, 2.24) is 34.7 Å². The molecule has 1 aromatic carbocycles. The molecular weight excluding hydrogens is 470 g/mol. The molecule has 0 saturated carbocycles. The van der Waals surface area contributed by atoms with E-state index in [0.717, 1.165) is 22.5 Å². The average molecular weight is 500 g/mol. The third kappa shape index (κ3) is 5.33. The highest BCUT2D eigenvalue weighted by Crippen LogP contribution is 2.24. The number of carbonyl (C=O) groups excluding carboxylic acids is 2. The normalized spacial score (nSPS) is 16.8. The second-order valence-corrected chi connectivity index (χ2v) is 10.7. The van der Waals surface area contributed by atoms with E-state index in [2.05, 4.69) is 25.9 Å². The van der Waals surface area contributed by atoms with Crippen molar-refractivity contribution in [3.63, 3.8) is 0 Å². The number of hydrogen-bond donors (Lipinski definition) is 2. The van der Waals surface area contributed by atoms with Crippen LogP contribution < -0.4 is 10.9 Å². The smallest absolute Gasteiger partial charge is 0.252 e. The Hall–Kier alpha value is -3.38. The lowest BCUT2D eigenvalue weighted by Gasteiger charge is -2.31. The molecule has 2 amide bonds. The van der Waals surface area contributed by atoms with Crippen molar-refractivity contribution in [2.75, 3.05) is 13.1 Å². The molecule has 1 atom stereocenters. The molecule has 1 aliphatic heterocycles. The first-order chi connectivity index (χ1) is 16.7. The highest BCUT2D eigenvalue weighted by atomic mass is 32.2. The van der Waals surface area contributed by atoms with Crippen LogP contribution in [0.1, 0.15) is 41.8 Å². The number of hydrazine groups is 1. The Morgan fingerprint density at radius 3 is 2.60 bits per heavy atom. The molecular formula is C23H29N7O4S. The molecule has 0 spiro atoms. The lowest BCUT2D eigenvalue weighted by atomic mass is 9.99. The van der Waals surface area contributed by atoms with Crippen LogP contribution in [0.5, 0.6) is 0 Å². The van der Waals surface area contributed by atoms with E-state index in [1.807, 2.05) is 20.8 Å². The van der Waals surface area contributed by atoms with E-state index in [0.29, 0.717) is 31.6 Å². The summed E-state index contributed by atoms with van der Waals surface area (Å²) in [5.74, 6) is -0.796. The van der Waals surface area contributed by atoms with Gasteiger partial charge in [-0.2, -0.15) is 14.4 Å². The van der Waals surface area contributed by atoms with Crippen LogP contribution in [0.25, 0.3) is 5.78 Å². The third-order valence-electron chi connectivity index (χ3n) is 6.33. The standard InChI is InChI=1S/C23H29N7O4S/c1-15-6-8-19(9-7-15)35(33,34)29-12-4-5-18(13-29)22(32)28-27-21(31)11-10-20-16(2)26-23-24-14-25-30(23)17(20)3/h6-9,14,18H,4-5,10-13H2,1-3H3,(H,27,31)(H,28,32)/t18-/m0/s1. The number of nitrogens with zero attached hydrogens (tertiary/aromatic N) is 5. The summed E-state index contributed by atoms with van der Waals surface area (Å²) in [6.07, 6.45) is 3.10. The molecule has 35 heavy (non-hydrogen) atoms. The van der Waals surface area contributed by atoms with E-state index in [1.165, 1.54) is 10.6 Å². The first-order valence-electron chi connectivity index (χ1n) is 11.5. The molecule has 186 valence electrons. The van der Waals surface area contributed by atoms with Crippen LogP contribution in [-0.2, 0) is 26.0 Å². The van der Waals surface area contributed by atoms with Gasteiger partial charge in [-0.25, -0.2) is 17.9 Å². The van der Waals surface area contributed by atoms with Crippen molar-refractivity contribution >= 4 is 27.6 Å². The molecule has 0 bridgehead atoms. The molecule has 2 N–H and O–H groups in total. The number of carbonyl (C=O) groups is 2. The molecule has 0 aliphatic carbocycles. The number of benzene rings is 1. The monoisotopic (exact) mass is 499 g/mol. The fourth-order valence-electron chi connectivity index (χ4n) is 4.29. The molecule has 2 aromatic heterocycles. The zero-order valence-corrected chi connectivity index (χ0v) is 20.8. The van der Waals surface area contributed by atoms with Crippen LogP contribution in [-0.4, -0.2) is 57.2 Å². The van der Waals surface area contributed by atoms with Gasteiger partial charge in [0.2, 0.25) is 21.8 Å². The molecule has 0 unspecified atom stereocenters. The number of aromatic nitrogens is 4. The van der Waals surface area contributed by atoms with Crippen LogP contribution in [0.2, 0.25) is 0 Å². The summed E-state index contributed by atoms with van der Waals surface area (Å²) in [4.78, 5) is 33.8. The fourth-order valence-corrected chi connectivity index (χ4v) is 5.81. The zero-order valence-electron chi connectivity index (χ0n) is 20.0. The Morgan fingerprint density at radius 1 is 1.11 bits per heavy atom. The highest BCUT2D eigenvalue weighted by molar-refractivity contribution is 7.89. The zero-order chi connectivity index (χ0) is 25.2. The van der Waals surface area contributed by atoms with E-state index < -0.39 is 21.8 Å². The molecule has 3 aromatic rings. The number of amides is 2. The van der Waals surface area contributed by atoms with Crippen molar-refractivity contribution in [2.45, 2.75) is 51.3 Å². The van der Waals surface area contributed by atoms with E-state index in [-0.39, 0.29) is 23.8 Å². The van der Waals surface area contributed by atoms with Crippen molar-refractivity contribution in [2.24, 2.45) is 5.92 Å². The molecule has 1 fully saturated rings. The Balaban J connectivity index is 1.31. The Labute approximate surface area is 204 Å². The maximum absolute atomic E-state index is 13.0. The summed E-state index contributed by atoms with van der Waals surface area (Å²) in [7, 11) is -3.69. The predicted molar refractivity (Wildman–Crippen MR) is 128 cm³/mol. The van der Waals surface area contributed by atoms with E-state index in [4.69, 9.17) is 0 Å². The van der Waals surface area contributed by atoms with Crippen molar-refractivity contribution in [1.29, 1.82) is 0 Å².